The molecular weight excluding hydrogens is 327 g/mol. The van der Waals surface area contributed by atoms with E-state index in [9.17, 15) is 28.0 Å². The number of nitrogens with one attached hydrogen (secondary N) is 1. The molecule has 0 bridgehead atoms. The first-order valence-corrected chi connectivity index (χ1v) is 7.95. The van der Waals surface area contributed by atoms with Gasteiger partial charge in [-0.05, 0) is 23.8 Å². The van der Waals surface area contributed by atoms with Crippen molar-refractivity contribution in [1.29, 1.82) is 0 Å². The number of aliphatic hydroxyl groups is 1. The van der Waals surface area contributed by atoms with Crippen LogP contribution in [0.2, 0.25) is 0 Å². The SMILES string of the molecule is O=[N+]([O-])c1cccc(S(=O)(=O)NC[C@@H](O)c2ccc(F)cc2)c1. The highest BCUT2D eigenvalue weighted by atomic mass is 32.2. The van der Waals surface area contributed by atoms with Gasteiger partial charge in [0.05, 0.1) is 15.9 Å². The Kier molecular flexibility index (Phi) is 5.04. The number of nitrogens with zero attached hydrogens (tertiary/aromatic N) is 1. The van der Waals surface area contributed by atoms with Crippen molar-refractivity contribution in [1.82, 2.24) is 4.72 Å². The minimum atomic E-state index is -4.02. The van der Waals surface area contributed by atoms with Crippen LogP contribution in [-0.2, 0) is 10.0 Å². The lowest BCUT2D eigenvalue weighted by Gasteiger charge is -2.12. The van der Waals surface area contributed by atoms with Gasteiger partial charge in [-0.15, -0.1) is 0 Å². The monoisotopic (exact) mass is 340 g/mol. The molecule has 0 spiro atoms. The van der Waals surface area contributed by atoms with Gasteiger partial charge in [-0.3, -0.25) is 10.1 Å². The zero-order valence-electron chi connectivity index (χ0n) is 11.7. The Labute approximate surface area is 131 Å². The third-order valence-electron chi connectivity index (χ3n) is 3.06. The van der Waals surface area contributed by atoms with E-state index in [1.165, 1.54) is 30.3 Å². The van der Waals surface area contributed by atoms with Gasteiger partial charge < -0.3 is 5.11 Å². The fourth-order valence-electron chi connectivity index (χ4n) is 1.84. The van der Waals surface area contributed by atoms with Crippen LogP contribution in [0.3, 0.4) is 0 Å². The molecule has 0 aliphatic rings. The van der Waals surface area contributed by atoms with Crippen molar-refractivity contribution < 1.29 is 22.8 Å². The summed E-state index contributed by atoms with van der Waals surface area (Å²) in [6.45, 7) is -0.351. The number of sulfonamides is 1. The molecule has 122 valence electrons. The Bertz CT molecular complexity index is 808. The minimum Gasteiger partial charge on any atom is -0.387 e. The topological polar surface area (TPSA) is 110 Å². The van der Waals surface area contributed by atoms with Crippen LogP contribution in [-0.4, -0.2) is 25.0 Å². The number of nitro benzene ring substituents is 1. The molecule has 0 amide bonds. The Morgan fingerprint density at radius 3 is 2.48 bits per heavy atom. The first kappa shape index (κ1) is 17.0. The van der Waals surface area contributed by atoms with Gasteiger partial charge in [0.25, 0.3) is 5.69 Å². The van der Waals surface area contributed by atoms with E-state index < -0.39 is 26.9 Å². The maximum atomic E-state index is 12.8. The molecule has 0 saturated carbocycles. The molecule has 0 heterocycles. The van der Waals surface area contributed by atoms with Gasteiger partial charge in [-0.1, -0.05) is 18.2 Å². The van der Waals surface area contributed by atoms with Crippen LogP contribution < -0.4 is 4.72 Å². The Balaban J connectivity index is 2.11. The third-order valence-corrected chi connectivity index (χ3v) is 4.48. The van der Waals surface area contributed by atoms with E-state index in [0.717, 1.165) is 18.2 Å². The first-order chi connectivity index (χ1) is 10.8. The molecule has 0 saturated heterocycles. The van der Waals surface area contributed by atoms with Gasteiger partial charge >= 0.3 is 0 Å². The molecule has 2 N–H and O–H groups in total. The molecule has 2 rings (SSSR count). The van der Waals surface area contributed by atoms with Crippen LogP contribution in [0.4, 0.5) is 10.1 Å². The number of benzene rings is 2. The lowest BCUT2D eigenvalue weighted by Crippen LogP contribution is -2.28. The largest absolute Gasteiger partial charge is 0.387 e. The van der Waals surface area contributed by atoms with Crippen molar-refractivity contribution in [3.63, 3.8) is 0 Å². The molecule has 0 fully saturated rings. The molecule has 0 aliphatic heterocycles. The summed E-state index contributed by atoms with van der Waals surface area (Å²) in [6.07, 6.45) is -1.18. The second kappa shape index (κ2) is 6.82. The summed E-state index contributed by atoms with van der Waals surface area (Å²) in [5, 5.41) is 20.6. The predicted molar refractivity (Wildman–Crippen MR) is 79.6 cm³/mol. The summed E-state index contributed by atoms with van der Waals surface area (Å²) in [4.78, 5) is 9.70. The predicted octanol–water partition coefficient (Wildman–Crippen LogP) is 1.75. The van der Waals surface area contributed by atoms with Gasteiger partial charge in [0.1, 0.15) is 5.82 Å². The fourth-order valence-corrected chi connectivity index (χ4v) is 2.92. The molecule has 9 heteroatoms. The average molecular weight is 340 g/mol. The lowest BCUT2D eigenvalue weighted by atomic mass is 10.1. The summed E-state index contributed by atoms with van der Waals surface area (Å²) in [5.41, 5.74) is -0.0138. The van der Waals surface area contributed by atoms with E-state index in [2.05, 4.69) is 4.72 Å². The molecule has 2 aromatic carbocycles. The number of hydrogen-bond donors (Lipinski definition) is 2. The van der Waals surface area contributed by atoms with Gasteiger partial charge in [0.15, 0.2) is 0 Å². The van der Waals surface area contributed by atoms with Crippen LogP contribution in [0, 0.1) is 15.9 Å². The highest BCUT2D eigenvalue weighted by Gasteiger charge is 2.19. The van der Waals surface area contributed by atoms with E-state index in [4.69, 9.17) is 0 Å². The van der Waals surface area contributed by atoms with Crippen LogP contribution in [0.5, 0.6) is 0 Å². The normalized spacial score (nSPS) is 12.8. The van der Waals surface area contributed by atoms with Gasteiger partial charge in [0.2, 0.25) is 10.0 Å². The van der Waals surface area contributed by atoms with E-state index >= 15 is 0 Å². The number of hydrogen-bond acceptors (Lipinski definition) is 5. The molecule has 0 aliphatic carbocycles. The minimum absolute atomic E-state index is 0.280. The summed E-state index contributed by atoms with van der Waals surface area (Å²) in [6, 6.07) is 9.52. The van der Waals surface area contributed by atoms with Crippen molar-refractivity contribution in [2.75, 3.05) is 6.54 Å². The molecular formula is C14H13FN2O5S. The molecule has 23 heavy (non-hydrogen) atoms. The lowest BCUT2D eigenvalue weighted by molar-refractivity contribution is -0.385. The molecule has 2 aromatic rings. The fraction of sp³-hybridized carbons (Fsp3) is 0.143. The molecule has 0 radical (unpaired) electrons. The number of aliphatic hydroxyl groups excluding tert-OH is 1. The number of halogens is 1. The number of non-ortho nitro benzene ring substituents is 1. The van der Waals surface area contributed by atoms with Crippen LogP contribution >= 0.6 is 0 Å². The summed E-state index contributed by atoms with van der Waals surface area (Å²) < 4.78 is 39.1. The van der Waals surface area contributed by atoms with Crippen LogP contribution in [0.15, 0.2) is 53.4 Å². The summed E-state index contributed by atoms with van der Waals surface area (Å²) >= 11 is 0. The van der Waals surface area contributed by atoms with Gasteiger partial charge in [0, 0.05) is 18.7 Å². The smallest absolute Gasteiger partial charge is 0.270 e. The highest BCUT2D eigenvalue weighted by Crippen LogP contribution is 2.18. The van der Waals surface area contributed by atoms with E-state index in [1.54, 1.807) is 0 Å². The third kappa shape index (κ3) is 4.31. The van der Waals surface area contributed by atoms with Gasteiger partial charge in [-0.25, -0.2) is 17.5 Å². The van der Waals surface area contributed by atoms with Crippen molar-refractivity contribution in [3.8, 4) is 0 Å². The highest BCUT2D eigenvalue weighted by molar-refractivity contribution is 7.89. The first-order valence-electron chi connectivity index (χ1n) is 6.47. The zero-order valence-corrected chi connectivity index (χ0v) is 12.5. The zero-order chi connectivity index (χ0) is 17.0. The second-order valence-electron chi connectivity index (χ2n) is 4.67. The summed E-state index contributed by atoms with van der Waals surface area (Å²) in [5.74, 6) is -0.474. The van der Waals surface area contributed by atoms with Crippen molar-refractivity contribution in [3.05, 3.63) is 70.0 Å². The Morgan fingerprint density at radius 1 is 1.22 bits per heavy atom. The standard InChI is InChI=1S/C14H13FN2O5S/c15-11-6-4-10(5-7-11)14(18)9-16-23(21,22)13-3-1-2-12(8-13)17(19)20/h1-8,14,16,18H,9H2/t14-/m1/s1. The van der Waals surface area contributed by atoms with E-state index in [1.807, 2.05) is 0 Å². The Hall–Kier alpha value is -2.36. The Morgan fingerprint density at radius 2 is 1.87 bits per heavy atom. The molecule has 0 aromatic heterocycles. The van der Waals surface area contributed by atoms with Crippen molar-refractivity contribution in [2.24, 2.45) is 0 Å². The van der Waals surface area contributed by atoms with Crippen molar-refractivity contribution in [2.45, 2.75) is 11.0 Å². The second-order valence-corrected chi connectivity index (χ2v) is 6.44. The molecule has 0 unspecified atom stereocenters. The maximum absolute atomic E-state index is 12.8. The number of nitro groups is 1. The molecule has 7 nitrogen and oxygen atoms in total. The van der Waals surface area contributed by atoms with E-state index in [-0.39, 0.29) is 17.1 Å². The van der Waals surface area contributed by atoms with Crippen molar-refractivity contribution >= 4 is 15.7 Å². The van der Waals surface area contributed by atoms with Crippen LogP contribution in [0.25, 0.3) is 0 Å². The van der Waals surface area contributed by atoms with Crippen LogP contribution in [0.1, 0.15) is 11.7 Å². The average Bonchev–Trinajstić information content (AvgIpc) is 2.53. The van der Waals surface area contributed by atoms with Gasteiger partial charge in [-0.2, -0.15) is 0 Å². The number of rotatable bonds is 6. The molecule has 1 atom stereocenters. The summed E-state index contributed by atoms with van der Waals surface area (Å²) in [7, 11) is -4.02. The van der Waals surface area contributed by atoms with E-state index in [0.29, 0.717) is 5.56 Å². The maximum Gasteiger partial charge on any atom is 0.270 e. The quantitative estimate of drug-likeness (QED) is 0.615.